The molecule has 0 N–H and O–H groups in total. The van der Waals surface area contributed by atoms with Crippen LogP contribution in [-0.4, -0.2) is 23.3 Å². The van der Waals surface area contributed by atoms with Gasteiger partial charge >= 0.3 is 0 Å². The minimum atomic E-state index is 0.906. The number of imidazole rings is 1. The number of fused-ring (bicyclic) bond motifs is 10. The first-order chi connectivity index (χ1) is 27.8. The van der Waals surface area contributed by atoms with Crippen molar-refractivity contribution < 1.29 is 0 Å². The molecule has 0 fully saturated rings. The van der Waals surface area contributed by atoms with Crippen molar-refractivity contribution >= 4 is 65.7 Å². The third kappa shape index (κ3) is 4.34. The van der Waals surface area contributed by atoms with Gasteiger partial charge in [0.05, 0.1) is 33.0 Å². The molecule has 0 aliphatic rings. The second kappa shape index (κ2) is 11.9. The molecule has 0 saturated heterocycles. The van der Waals surface area contributed by atoms with E-state index in [4.69, 9.17) is 4.98 Å². The zero-order valence-corrected chi connectivity index (χ0v) is 30.3. The summed E-state index contributed by atoms with van der Waals surface area (Å²) >= 11 is 0. The van der Waals surface area contributed by atoms with E-state index in [2.05, 4.69) is 218 Å². The Morgan fingerprint density at radius 1 is 0.304 bits per heavy atom. The third-order valence-corrected chi connectivity index (χ3v) is 11.4. The number of benzene rings is 8. The van der Waals surface area contributed by atoms with Gasteiger partial charge in [0, 0.05) is 49.9 Å². The highest BCUT2D eigenvalue weighted by Crippen LogP contribution is 2.45. The molecule has 0 amide bonds. The maximum Gasteiger partial charge on any atom is 0.165 e. The van der Waals surface area contributed by atoms with Crippen LogP contribution in [0.3, 0.4) is 0 Å². The SMILES string of the molecule is c1ccc(-c2nc3c(c4c(ccc5c6ccccc6n(-c6ccc7c(c6)c6ccccc6n7-c6ccccc6)c54)n3-c3ccccc3)n2-c2ccccc2)cc1. The summed E-state index contributed by atoms with van der Waals surface area (Å²) in [6.45, 7) is 0. The molecule has 0 atom stereocenters. The van der Waals surface area contributed by atoms with E-state index in [1.54, 1.807) is 0 Å². The lowest BCUT2D eigenvalue weighted by atomic mass is 10.1. The van der Waals surface area contributed by atoms with Crippen molar-refractivity contribution in [2.75, 3.05) is 0 Å². The summed E-state index contributed by atoms with van der Waals surface area (Å²) in [5, 5.41) is 6.02. The Kier molecular flexibility index (Phi) is 6.56. The van der Waals surface area contributed by atoms with Crippen molar-refractivity contribution in [2.24, 2.45) is 0 Å². The molecule has 5 heteroatoms. The maximum atomic E-state index is 5.56. The van der Waals surface area contributed by atoms with Crippen LogP contribution in [0.5, 0.6) is 0 Å². The van der Waals surface area contributed by atoms with Gasteiger partial charge in [-0.25, -0.2) is 4.98 Å². The van der Waals surface area contributed by atoms with E-state index < -0.39 is 0 Å². The summed E-state index contributed by atoms with van der Waals surface area (Å²) in [6, 6.07) is 71.7. The van der Waals surface area contributed by atoms with E-state index in [0.29, 0.717) is 0 Å². The Balaban J connectivity index is 1.27. The Hall–Kier alpha value is -7.63. The van der Waals surface area contributed by atoms with Crippen molar-refractivity contribution in [1.29, 1.82) is 0 Å². The highest BCUT2D eigenvalue weighted by molar-refractivity contribution is 6.26. The van der Waals surface area contributed by atoms with Crippen LogP contribution < -0.4 is 0 Å². The van der Waals surface area contributed by atoms with E-state index in [0.717, 1.165) is 67.2 Å². The highest BCUT2D eigenvalue weighted by atomic mass is 15.2. The molecular weight excluding hydrogens is 683 g/mol. The molecule has 0 unspecified atom stereocenters. The van der Waals surface area contributed by atoms with Crippen molar-refractivity contribution in [1.82, 2.24) is 23.3 Å². The predicted octanol–water partition coefficient (Wildman–Crippen LogP) is 12.8. The second-order valence-electron chi connectivity index (χ2n) is 14.4. The van der Waals surface area contributed by atoms with E-state index in [-0.39, 0.29) is 0 Å². The third-order valence-electron chi connectivity index (χ3n) is 11.4. The molecule has 0 saturated carbocycles. The highest BCUT2D eigenvalue weighted by Gasteiger charge is 2.27. The molecule has 56 heavy (non-hydrogen) atoms. The number of nitrogens with zero attached hydrogens (tertiary/aromatic N) is 5. The lowest BCUT2D eigenvalue weighted by Crippen LogP contribution is -1.99. The van der Waals surface area contributed by atoms with Crippen LogP contribution in [0.15, 0.2) is 200 Å². The fraction of sp³-hybridized carbons (Fsp3) is 0. The predicted molar refractivity (Wildman–Crippen MR) is 232 cm³/mol. The van der Waals surface area contributed by atoms with E-state index in [1.807, 2.05) is 0 Å². The molecule has 0 bridgehead atoms. The van der Waals surface area contributed by atoms with Crippen LogP contribution in [-0.2, 0) is 0 Å². The van der Waals surface area contributed by atoms with Gasteiger partial charge in [-0.15, -0.1) is 0 Å². The number of para-hydroxylation sites is 5. The minimum Gasteiger partial charge on any atom is -0.309 e. The molecule has 0 aliphatic heterocycles. The smallest absolute Gasteiger partial charge is 0.165 e. The van der Waals surface area contributed by atoms with E-state index in [9.17, 15) is 0 Å². The summed E-state index contributed by atoms with van der Waals surface area (Å²) in [5.74, 6) is 0.906. The van der Waals surface area contributed by atoms with Gasteiger partial charge in [-0.05, 0) is 72.8 Å². The quantitative estimate of drug-likeness (QED) is 0.175. The molecule has 5 nitrogen and oxygen atoms in total. The Morgan fingerprint density at radius 3 is 1.46 bits per heavy atom. The standard InChI is InChI=1S/C51H33N5/c1-5-17-34(18-6-1)50-52-51-49(56(50)37-23-11-4-12-24-37)47-46(55(51)36-21-9-3-10-22-36)32-30-41-39-25-13-16-28-44(39)54(48(41)47)38-29-31-45-42(33-38)40-26-14-15-27-43(40)53(45)35-19-7-2-8-20-35/h1-33H. The second-order valence-corrected chi connectivity index (χ2v) is 14.4. The summed E-state index contributed by atoms with van der Waals surface area (Å²) in [6.07, 6.45) is 0. The molecule has 262 valence electrons. The van der Waals surface area contributed by atoms with Gasteiger partial charge in [-0.3, -0.25) is 9.13 Å². The van der Waals surface area contributed by atoms with Gasteiger partial charge in [0.15, 0.2) is 5.65 Å². The molecule has 0 aliphatic carbocycles. The average molecular weight is 716 g/mol. The van der Waals surface area contributed by atoms with Crippen LogP contribution in [0.1, 0.15) is 0 Å². The largest absolute Gasteiger partial charge is 0.309 e. The van der Waals surface area contributed by atoms with Gasteiger partial charge in [-0.1, -0.05) is 127 Å². The average Bonchev–Trinajstić information content (AvgIpc) is 4.00. The van der Waals surface area contributed by atoms with Crippen molar-refractivity contribution in [2.45, 2.75) is 0 Å². The lowest BCUT2D eigenvalue weighted by molar-refractivity contribution is 1.10. The minimum absolute atomic E-state index is 0.906. The van der Waals surface area contributed by atoms with Gasteiger partial charge in [-0.2, -0.15) is 0 Å². The fourth-order valence-electron chi connectivity index (χ4n) is 9.04. The summed E-state index contributed by atoms with van der Waals surface area (Å²) < 4.78 is 9.57. The van der Waals surface area contributed by atoms with Crippen molar-refractivity contribution in [3.63, 3.8) is 0 Å². The number of rotatable bonds is 5. The summed E-state index contributed by atoms with van der Waals surface area (Å²) in [5.41, 5.74) is 13.3. The Bertz CT molecular complexity index is 3440. The van der Waals surface area contributed by atoms with Crippen LogP contribution in [0.25, 0.3) is 99.8 Å². The van der Waals surface area contributed by atoms with Gasteiger partial charge in [0.25, 0.3) is 0 Å². The topological polar surface area (TPSA) is 32.6 Å². The normalized spacial score (nSPS) is 11.9. The maximum absolute atomic E-state index is 5.56. The molecule has 0 spiro atoms. The zero-order chi connectivity index (χ0) is 36.7. The number of hydrogen-bond donors (Lipinski definition) is 0. The molecule has 0 radical (unpaired) electrons. The Labute approximate surface area is 322 Å². The number of hydrogen-bond acceptors (Lipinski definition) is 1. The number of aromatic nitrogens is 5. The molecule has 4 aromatic heterocycles. The van der Waals surface area contributed by atoms with Crippen molar-refractivity contribution in [3.8, 4) is 34.1 Å². The van der Waals surface area contributed by atoms with Crippen LogP contribution in [0.4, 0.5) is 0 Å². The first-order valence-electron chi connectivity index (χ1n) is 19.1. The first kappa shape index (κ1) is 30.8. The van der Waals surface area contributed by atoms with Crippen molar-refractivity contribution in [3.05, 3.63) is 200 Å². The van der Waals surface area contributed by atoms with E-state index in [1.165, 1.54) is 32.6 Å². The molecule has 4 heterocycles. The molecule has 12 rings (SSSR count). The van der Waals surface area contributed by atoms with E-state index >= 15 is 0 Å². The van der Waals surface area contributed by atoms with Crippen LogP contribution in [0.2, 0.25) is 0 Å². The van der Waals surface area contributed by atoms with Gasteiger partial charge < -0.3 is 9.13 Å². The Morgan fingerprint density at radius 2 is 0.804 bits per heavy atom. The molecular formula is C51H33N5. The summed E-state index contributed by atoms with van der Waals surface area (Å²) in [4.78, 5) is 5.56. The van der Waals surface area contributed by atoms with Gasteiger partial charge in [0.1, 0.15) is 11.3 Å². The first-order valence-corrected chi connectivity index (χ1v) is 19.1. The lowest BCUT2D eigenvalue weighted by Gasteiger charge is -2.13. The van der Waals surface area contributed by atoms with Gasteiger partial charge in [0.2, 0.25) is 0 Å². The molecule has 8 aromatic carbocycles. The van der Waals surface area contributed by atoms with Crippen LogP contribution in [0, 0.1) is 0 Å². The molecule has 12 aromatic rings. The fourth-order valence-corrected chi connectivity index (χ4v) is 9.04. The monoisotopic (exact) mass is 715 g/mol. The zero-order valence-electron chi connectivity index (χ0n) is 30.3. The van der Waals surface area contributed by atoms with Crippen LogP contribution >= 0.6 is 0 Å². The summed E-state index contributed by atoms with van der Waals surface area (Å²) in [7, 11) is 0.